The number of rotatable bonds is 2. The lowest BCUT2D eigenvalue weighted by Gasteiger charge is -2.16. The average molecular weight is 352 g/mol. The van der Waals surface area contributed by atoms with Crippen molar-refractivity contribution in [2.75, 3.05) is 5.32 Å². The number of nitrogens with one attached hydrogen (secondary N) is 1. The summed E-state index contributed by atoms with van der Waals surface area (Å²) < 4.78 is 11.0. The first-order valence-corrected chi connectivity index (χ1v) is 8.76. The minimum absolute atomic E-state index is 0.0385. The predicted molar refractivity (Wildman–Crippen MR) is 97.6 cm³/mol. The normalized spacial score (nSPS) is 16.5. The molecule has 1 amide bonds. The van der Waals surface area contributed by atoms with Gasteiger partial charge in [0.1, 0.15) is 5.58 Å². The van der Waals surface area contributed by atoms with E-state index in [2.05, 4.69) is 17.4 Å². The number of hydrogen-bond donors (Lipinski definition) is 1. The molecule has 2 heterocycles. The Morgan fingerprint density at radius 1 is 1.27 bits per heavy atom. The van der Waals surface area contributed by atoms with Gasteiger partial charge in [-0.2, -0.15) is 0 Å². The van der Waals surface area contributed by atoms with Crippen molar-refractivity contribution in [1.82, 2.24) is 5.16 Å². The zero-order valence-corrected chi connectivity index (χ0v) is 15.0. The van der Waals surface area contributed by atoms with Gasteiger partial charge in [-0.05, 0) is 56.2 Å². The van der Waals surface area contributed by atoms with Gasteiger partial charge in [-0.15, -0.1) is 0 Å². The summed E-state index contributed by atoms with van der Waals surface area (Å²) in [5, 5.41) is 7.23. The number of hydrogen-bond acceptors (Lipinski definition) is 5. The minimum Gasteiger partial charge on any atom is -0.450 e. The highest BCUT2D eigenvalue weighted by atomic mass is 16.5. The zero-order chi connectivity index (χ0) is 18.4. The van der Waals surface area contributed by atoms with E-state index in [-0.39, 0.29) is 11.2 Å². The van der Waals surface area contributed by atoms with Crippen LogP contribution in [0.25, 0.3) is 11.0 Å². The SMILES string of the molecule is Cc1cc(C)c2oc(C(=O)Nc3onc4c3CC(C)CC4)cc(=O)c2c1. The van der Waals surface area contributed by atoms with Crippen molar-refractivity contribution in [3.63, 3.8) is 0 Å². The first-order valence-electron chi connectivity index (χ1n) is 8.76. The van der Waals surface area contributed by atoms with Crippen LogP contribution in [0.15, 0.2) is 31.9 Å². The maximum absolute atomic E-state index is 12.6. The second-order valence-corrected chi connectivity index (χ2v) is 7.17. The number of aryl methyl sites for hydroxylation is 3. The molecule has 6 nitrogen and oxygen atoms in total. The summed E-state index contributed by atoms with van der Waals surface area (Å²) in [6.45, 7) is 5.93. The third-order valence-corrected chi connectivity index (χ3v) is 4.91. The Labute approximate surface area is 150 Å². The van der Waals surface area contributed by atoms with Crippen molar-refractivity contribution in [3.05, 3.63) is 56.6 Å². The van der Waals surface area contributed by atoms with E-state index in [1.54, 1.807) is 6.07 Å². The molecular formula is C20H20N2O4. The third kappa shape index (κ3) is 2.81. The molecule has 0 fully saturated rings. The zero-order valence-electron chi connectivity index (χ0n) is 15.0. The van der Waals surface area contributed by atoms with Gasteiger partial charge in [-0.1, -0.05) is 18.1 Å². The Balaban J connectivity index is 1.69. The van der Waals surface area contributed by atoms with E-state index in [1.807, 2.05) is 19.9 Å². The molecule has 1 aromatic carbocycles. The molecule has 1 atom stereocenters. The van der Waals surface area contributed by atoms with Gasteiger partial charge in [0, 0.05) is 11.6 Å². The van der Waals surface area contributed by atoms with Crippen molar-refractivity contribution in [2.45, 2.75) is 40.0 Å². The summed E-state index contributed by atoms with van der Waals surface area (Å²) >= 11 is 0. The largest absolute Gasteiger partial charge is 0.450 e. The van der Waals surface area contributed by atoms with Gasteiger partial charge in [0.2, 0.25) is 5.88 Å². The Bertz CT molecular complexity index is 1080. The van der Waals surface area contributed by atoms with Crippen LogP contribution in [0.1, 0.15) is 46.3 Å². The number of carbonyl (C=O) groups is 1. The second-order valence-electron chi connectivity index (χ2n) is 7.17. The first-order chi connectivity index (χ1) is 12.4. The van der Waals surface area contributed by atoms with Crippen LogP contribution in [0.3, 0.4) is 0 Å². The third-order valence-electron chi connectivity index (χ3n) is 4.91. The summed E-state index contributed by atoms with van der Waals surface area (Å²) in [6.07, 6.45) is 2.72. The molecule has 6 heteroatoms. The van der Waals surface area contributed by atoms with Crippen molar-refractivity contribution in [1.29, 1.82) is 0 Å². The average Bonchev–Trinajstić information content (AvgIpc) is 2.97. The quantitative estimate of drug-likeness (QED) is 0.759. The first kappa shape index (κ1) is 16.6. The maximum atomic E-state index is 12.6. The molecule has 4 rings (SSSR count). The Morgan fingerprint density at radius 3 is 2.88 bits per heavy atom. The van der Waals surface area contributed by atoms with Crippen molar-refractivity contribution in [2.24, 2.45) is 5.92 Å². The van der Waals surface area contributed by atoms with Crippen LogP contribution in [0.4, 0.5) is 5.88 Å². The lowest BCUT2D eigenvalue weighted by atomic mass is 9.89. The topological polar surface area (TPSA) is 85.3 Å². The number of carbonyl (C=O) groups excluding carboxylic acids is 1. The van der Waals surface area contributed by atoms with Crippen LogP contribution in [0.2, 0.25) is 0 Å². The second kappa shape index (κ2) is 6.12. The number of amides is 1. The smallest absolute Gasteiger partial charge is 0.293 e. The monoisotopic (exact) mass is 352 g/mol. The van der Waals surface area contributed by atoms with Crippen LogP contribution in [-0.2, 0) is 12.8 Å². The molecule has 26 heavy (non-hydrogen) atoms. The van der Waals surface area contributed by atoms with Gasteiger partial charge in [0.15, 0.2) is 11.2 Å². The van der Waals surface area contributed by atoms with E-state index in [9.17, 15) is 9.59 Å². The number of nitrogens with zero attached hydrogens (tertiary/aromatic N) is 1. The Hall–Kier alpha value is -2.89. The van der Waals surface area contributed by atoms with Crippen LogP contribution in [-0.4, -0.2) is 11.1 Å². The summed E-state index contributed by atoms with van der Waals surface area (Å²) in [6, 6.07) is 4.91. The number of fused-ring (bicyclic) bond motifs is 2. The van der Waals surface area contributed by atoms with Gasteiger partial charge in [-0.25, -0.2) is 0 Å². The summed E-state index contributed by atoms with van der Waals surface area (Å²) in [5.41, 5.74) is 3.81. The summed E-state index contributed by atoms with van der Waals surface area (Å²) in [4.78, 5) is 25.0. The van der Waals surface area contributed by atoms with E-state index in [1.165, 1.54) is 6.07 Å². The summed E-state index contributed by atoms with van der Waals surface area (Å²) in [5.74, 6) is 0.312. The molecule has 0 saturated carbocycles. The lowest BCUT2D eigenvalue weighted by Crippen LogP contribution is -2.17. The van der Waals surface area contributed by atoms with Crippen LogP contribution < -0.4 is 10.7 Å². The van der Waals surface area contributed by atoms with Crippen molar-refractivity contribution >= 4 is 22.8 Å². The fourth-order valence-corrected chi connectivity index (χ4v) is 3.57. The van der Waals surface area contributed by atoms with E-state index >= 15 is 0 Å². The minimum atomic E-state index is -0.513. The van der Waals surface area contributed by atoms with Crippen molar-refractivity contribution < 1.29 is 13.7 Å². The molecule has 0 radical (unpaired) electrons. The van der Waals surface area contributed by atoms with E-state index < -0.39 is 5.91 Å². The van der Waals surface area contributed by atoms with Crippen LogP contribution >= 0.6 is 0 Å². The molecule has 0 saturated heterocycles. The Morgan fingerprint density at radius 2 is 2.08 bits per heavy atom. The maximum Gasteiger partial charge on any atom is 0.293 e. The molecule has 0 spiro atoms. The van der Waals surface area contributed by atoms with Crippen molar-refractivity contribution in [3.8, 4) is 0 Å². The lowest BCUT2D eigenvalue weighted by molar-refractivity contribution is 0.0994. The van der Waals surface area contributed by atoms with E-state index in [0.717, 1.165) is 41.6 Å². The highest BCUT2D eigenvalue weighted by molar-refractivity contribution is 6.02. The highest BCUT2D eigenvalue weighted by Gasteiger charge is 2.25. The number of anilines is 1. The predicted octanol–water partition coefficient (Wildman–Crippen LogP) is 3.77. The van der Waals surface area contributed by atoms with Gasteiger partial charge < -0.3 is 8.94 Å². The van der Waals surface area contributed by atoms with E-state index in [0.29, 0.717) is 22.8 Å². The van der Waals surface area contributed by atoms with Crippen LogP contribution in [0.5, 0.6) is 0 Å². The van der Waals surface area contributed by atoms with Gasteiger partial charge in [0.25, 0.3) is 5.91 Å². The summed E-state index contributed by atoms with van der Waals surface area (Å²) in [7, 11) is 0. The fourth-order valence-electron chi connectivity index (χ4n) is 3.57. The molecular weight excluding hydrogens is 332 g/mol. The molecule has 0 bridgehead atoms. The van der Waals surface area contributed by atoms with Gasteiger partial charge in [0.05, 0.1) is 11.1 Å². The van der Waals surface area contributed by atoms with Crippen LogP contribution in [0, 0.1) is 19.8 Å². The molecule has 134 valence electrons. The molecule has 2 aromatic heterocycles. The Kier molecular flexibility index (Phi) is 3.90. The molecule has 1 aliphatic carbocycles. The molecule has 1 aliphatic rings. The molecule has 1 N–H and O–H groups in total. The number of benzene rings is 1. The van der Waals surface area contributed by atoms with Gasteiger partial charge in [-0.3, -0.25) is 14.9 Å². The standard InChI is InChI=1S/C20H20N2O4/c1-10-4-5-15-13(7-10)20(26-22-15)21-19(24)17-9-16(23)14-8-11(2)6-12(3)18(14)25-17/h6,8-10H,4-5,7H2,1-3H3,(H,21,24). The highest BCUT2D eigenvalue weighted by Crippen LogP contribution is 2.31. The molecule has 1 unspecified atom stereocenters. The van der Waals surface area contributed by atoms with E-state index in [4.69, 9.17) is 8.94 Å². The molecule has 3 aromatic rings. The number of aromatic nitrogens is 1. The van der Waals surface area contributed by atoms with Gasteiger partial charge >= 0.3 is 0 Å². The molecule has 0 aliphatic heterocycles. The fraction of sp³-hybridized carbons (Fsp3) is 0.350.